The minimum atomic E-state index is -0.120. The first-order chi connectivity index (χ1) is 10.6. The summed E-state index contributed by atoms with van der Waals surface area (Å²) >= 11 is 5.89. The van der Waals surface area contributed by atoms with E-state index in [1.54, 1.807) is 24.3 Å². The molecule has 0 spiro atoms. The molecule has 2 rings (SSSR count). The topological polar surface area (TPSA) is 58.6 Å². The molecule has 0 atom stereocenters. The van der Waals surface area contributed by atoms with Gasteiger partial charge in [0.1, 0.15) is 0 Å². The summed E-state index contributed by atoms with van der Waals surface area (Å²) in [5, 5.41) is 3.42. The number of hydrogen-bond donors (Lipinski definition) is 1. The predicted octanol–water partition coefficient (Wildman–Crippen LogP) is 2.55. The van der Waals surface area contributed by atoms with Gasteiger partial charge in [0.25, 0.3) is 0 Å². The van der Waals surface area contributed by atoms with Crippen LogP contribution in [-0.2, 0) is 14.3 Å². The molecule has 1 fully saturated rings. The SMILES string of the molecule is CCOC(=O)C1CCN(CC(=O)Nc2cccc(Cl)c2)CC1. The number of hydrogen-bond acceptors (Lipinski definition) is 4. The first kappa shape index (κ1) is 16.8. The van der Waals surface area contributed by atoms with Gasteiger partial charge in [-0.05, 0) is 51.1 Å². The van der Waals surface area contributed by atoms with E-state index in [4.69, 9.17) is 16.3 Å². The fraction of sp³-hybridized carbons (Fsp3) is 0.500. The summed E-state index contributed by atoms with van der Waals surface area (Å²) in [4.78, 5) is 25.7. The second-order valence-corrected chi connectivity index (χ2v) is 5.80. The highest BCUT2D eigenvalue weighted by molar-refractivity contribution is 6.30. The van der Waals surface area contributed by atoms with Gasteiger partial charge in [0.15, 0.2) is 0 Å². The maximum Gasteiger partial charge on any atom is 0.309 e. The van der Waals surface area contributed by atoms with Gasteiger partial charge in [-0.3, -0.25) is 14.5 Å². The summed E-state index contributed by atoms with van der Waals surface area (Å²) in [5.74, 6) is -0.227. The van der Waals surface area contributed by atoms with E-state index >= 15 is 0 Å². The van der Waals surface area contributed by atoms with Crippen LogP contribution in [0.25, 0.3) is 0 Å². The molecule has 6 heteroatoms. The van der Waals surface area contributed by atoms with Gasteiger partial charge in [0.2, 0.25) is 5.91 Å². The van der Waals surface area contributed by atoms with Gasteiger partial charge in [0.05, 0.1) is 19.1 Å². The third-order valence-electron chi connectivity index (χ3n) is 3.68. The summed E-state index contributed by atoms with van der Waals surface area (Å²) in [6, 6.07) is 7.07. The Morgan fingerprint density at radius 3 is 2.73 bits per heavy atom. The van der Waals surface area contributed by atoms with Gasteiger partial charge in [-0.25, -0.2) is 0 Å². The highest BCUT2D eigenvalue weighted by Crippen LogP contribution is 2.19. The molecule has 1 N–H and O–H groups in total. The lowest BCUT2D eigenvalue weighted by Gasteiger charge is -2.30. The van der Waals surface area contributed by atoms with Gasteiger partial charge in [-0.1, -0.05) is 17.7 Å². The molecule has 0 radical (unpaired) electrons. The van der Waals surface area contributed by atoms with Crippen molar-refractivity contribution in [2.75, 3.05) is 31.6 Å². The van der Waals surface area contributed by atoms with Crippen LogP contribution in [0.1, 0.15) is 19.8 Å². The number of carbonyl (C=O) groups excluding carboxylic acids is 2. The number of amides is 1. The monoisotopic (exact) mass is 324 g/mol. The molecular weight excluding hydrogens is 304 g/mol. The molecule has 1 aliphatic heterocycles. The molecular formula is C16H21ClN2O3. The molecule has 1 amide bonds. The Labute approximate surface area is 135 Å². The van der Waals surface area contributed by atoms with E-state index in [-0.39, 0.29) is 17.8 Å². The third-order valence-corrected chi connectivity index (χ3v) is 3.92. The largest absolute Gasteiger partial charge is 0.466 e. The number of nitrogens with zero attached hydrogens (tertiary/aromatic N) is 1. The summed E-state index contributed by atoms with van der Waals surface area (Å²) in [7, 11) is 0. The number of benzene rings is 1. The number of ether oxygens (including phenoxy) is 1. The number of carbonyl (C=O) groups is 2. The number of anilines is 1. The maximum atomic E-state index is 12.0. The van der Waals surface area contributed by atoms with Gasteiger partial charge in [-0.15, -0.1) is 0 Å². The average Bonchev–Trinajstić information content (AvgIpc) is 2.48. The summed E-state index contributed by atoms with van der Waals surface area (Å²) in [5.41, 5.74) is 0.693. The molecule has 1 aliphatic rings. The van der Waals surface area contributed by atoms with Crippen molar-refractivity contribution in [2.45, 2.75) is 19.8 Å². The lowest BCUT2D eigenvalue weighted by Crippen LogP contribution is -2.41. The summed E-state index contributed by atoms with van der Waals surface area (Å²) in [6.45, 7) is 4.01. The zero-order valence-corrected chi connectivity index (χ0v) is 13.4. The number of esters is 1. The van der Waals surface area contributed by atoms with Crippen molar-refractivity contribution in [1.29, 1.82) is 0 Å². The number of likely N-dealkylation sites (tertiary alicyclic amines) is 1. The molecule has 1 aromatic rings. The Morgan fingerprint density at radius 1 is 1.36 bits per heavy atom. The van der Waals surface area contributed by atoms with Crippen LogP contribution < -0.4 is 5.32 Å². The first-order valence-electron chi connectivity index (χ1n) is 7.53. The molecule has 5 nitrogen and oxygen atoms in total. The third kappa shape index (κ3) is 5.00. The summed E-state index contributed by atoms with van der Waals surface area (Å²) in [6.07, 6.45) is 1.48. The lowest BCUT2D eigenvalue weighted by atomic mass is 9.97. The first-order valence-corrected chi connectivity index (χ1v) is 7.90. The summed E-state index contributed by atoms with van der Waals surface area (Å²) < 4.78 is 5.04. The zero-order valence-electron chi connectivity index (χ0n) is 12.7. The molecule has 22 heavy (non-hydrogen) atoms. The van der Waals surface area contributed by atoms with E-state index < -0.39 is 0 Å². The van der Waals surface area contributed by atoms with E-state index in [0.29, 0.717) is 23.9 Å². The van der Waals surface area contributed by atoms with Crippen molar-refractivity contribution < 1.29 is 14.3 Å². The Morgan fingerprint density at radius 2 is 2.09 bits per heavy atom. The molecule has 0 aliphatic carbocycles. The van der Waals surface area contributed by atoms with Crippen LogP contribution in [0.4, 0.5) is 5.69 Å². The number of rotatable bonds is 5. The molecule has 120 valence electrons. The van der Waals surface area contributed by atoms with Gasteiger partial charge >= 0.3 is 5.97 Å². The van der Waals surface area contributed by atoms with Crippen LogP contribution >= 0.6 is 11.6 Å². The van der Waals surface area contributed by atoms with Gasteiger partial charge in [-0.2, -0.15) is 0 Å². The van der Waals surface area contributed by atoms with E-state index in [1.165, 1.54) is 0 Å². The fourth-order valence-electron chi connectivity index (χ4n) is 2.56. The standard InChI is InChI=1S/C16H21ClN2O3/c1-2-22-16(21)12-6-8-19(9-7-12)11-15(20)18-14-5-3-4-13(17)10-14/h3-5,10,12H,2,6-9,11H2,1H3,(H,18,20). The van der Waals surface area contributed by atoms with Crippen LogP contribution in [0.15, 0.2) is 24.3 Å². The van der Waals surface area contributed by atoms with Crippen LogP contribution in [0.2, 0.25) is 5.02 Å². The van der Waals surface area contributed by atoms with Gasteiger partial charge in [0, 0.05) is 10.7 Å². The van der Waals surface area contributed by atoms with Crippen molar-refractivity contribution in [3.8, 4) is 0 Å². The molecule has 0 saturated carbocycles. The predicted molar refractivity (Wildman–Crippen MR) is 85.9 cm³/mol. The molecule has 1 heterocycles. The highest BCUT2D eigenvalue weighted by atomic mass is 35.5. The van der Waals surface area contributed by atoms with Gasteiger partial charge < -0.3 is 10.1 Å². The van der Waals surface area contributed by atoms with E-state index in [1.807, 2.05) is 6.92 Å². The molecule has 0 bridgehead atoms. The van der Waals surface area contributed by atoms with Crippen LogP contribution in [0.3, 0.4) is 0 Å². The zero-order chi connectivity index (χ0) is 15.9. The van der Waals surface area contributed by atoms with Crippen molar-refractivity contribution in [1.82, 2.24) is 4.90 Å². The van der Waals surface area contributed by atoms with E-state index in [2.05, 4.69) is 10.2 Å². The minimum absolute atomic E-state index is 0.0350. The Bertz CT molecular complexity index is 528. The Kier molecular flexibility index (Phi) is 6.21. The maximum absolute atomic E-state index is 12.0. The van der Waals surface area contributed by atoms with E-state index in [9.17, 15) is 9.59 Å². The number of piperidine rings is 1. The minimum Gasteiger partial charge on any atom is -0.466 e. The smallest absolute Gasteiger partial charge is 0.309 e. The molecule has 0 unspecified atom stereocenters. The lowest BCUT2D eigenvalue weighted by molar-refractivity contribution is -0.149. The Hall–Kier alpha value is -1.59. The van der Waals surface area contributed by atoms with Crippen LogP contribution in [0.5, 0.6) is 0 Å². The number of halogens is 1. The molecule has 1 aromatic carbocycles. The van der Waals surface area contributed by atoms with Crippen molar-refractivity contribution in [3.05, 3.63) is 29.3 Å². The second-order valence-electron chi connectivity index (χ2n) is 5.36. The fourth-order valence-corrected chi connectivity index (χ4v) is 2.75. The molecule has 0 aromatic heterocycles. The normalized spacial score (nSPS) is 16.3. The number of nitrogens with one attached hydrogen (secondary N) is 1. The quantitative estimate of drug-likeness (QED) is 0.846. The van der Waals surface area contributed by atoms with Crippen molar-refractivity contribution in [3.63, 3.8) is 0 Å². The second kappa shape index (κ2) is 8.15. The van der Waals surface area contributed by atoms with Crippen LogP contribution in [-0.4, -0.2) is 43.0 Å². The Balaban J connectivity index is 1.76. The average molecular weight is 325 g/mol. The molecule has 1 saturated heterocycles. The van der Waals surface area contributed by atoms with Crippen LogP contribution in [0, 0.1) is 5.92 Å². The van der Waals surface area contributed by atoms with E-state index in [0.717, 1.165) is 25.9 Å². The van der Waals surface area contributed by atoms with Crippen molar-refractivity contribution >= 4 is 29.2 Å². The highest BCUT2D eigenvalue weighted by Gasteiger charge is 2.26. The van der Waals surface area contributed by atoms with Crippen molar-refractivity contribution in [2.24, 2.45) is 5.92 Å².